The van der Waals surface area contributed by atoms with Crippen LogP contribution in [0.4, 0.5) is 4.39 Å². The minimum absolute atomic E-state index is 0.0728. The predicted octanol–water partition coefficient (Wildman–Crippen LogP) is 2.77. The summed E-state index contributed by atoms with van der Waals surface area (Å²) in [5.74, 6) is 5.72. The van der Waals surface area contributed by atoms with Crippen molar-refractivity contribution in [3.63, 3.8) is 0 Å². The lowest BCUT2D eigenvalue weighted by atomic mass is 9.85. The molecule has 0 bridgehead atoms. The number of hydrazine groups is 1. The van der Waals surface area contributed by atoms with Gasteiger partial charge in [-0.05, 0) is 17.9 Å². The average molecular weight is 240 g/mol. The van der Waals surface area contributed by atoms with Crippen molar-refractivity contribution in [2.75, 3.05) is 7.11 Å². The van der Waals surface area contributed by atoms with Gasteiger partial charge in [-0.15, -0.1) is 0 Å². The zero-order chi connectivity index (χ0) is 13.1. The van der Waals surface area contributed by atoms with Crippen LogP contribution in [0.3, 0.4) is 0 Å². The van der Waals surface area contributed by atoms with E-state index in [0.29, 0.717) is 11.3 Å². The van der Waals surface area contributed by atoms with Gasteiger partial charge in [0.1, 0.15) is 11.6 Å². The van der Waals surface area contributed by atoms with E-state index in [0.717, 1.165) is 6.42 Å². The molecule has 0 spiro atoms. The predicted molar refractivity (Wildman–Crippen MR) is 67.1 cm³/mol. The molecule has 0 aliphatic carbocycles. The van der Waals surface area contributed by atoms with Crippen LogP contribution < -0.4 is 16.0 Å². The quantitative estimate of drug-likeness (QED) is 0.628. The van der Waals surface area contributed by atoms with Crippen LogP contribution >= 0.6 is 0 Å². The van der Waals surface area contributed by atoms with Crippen molar-refractivity contribution in [1.29, 1.82) is 0 Å². The highest BCUT2D eigenvalue weighted by Crippen LogP contribution is 2.31. The van der Waals surface area contributed by atoms with Gasteiger partial charge in [0.05, 0.1) is 7.11 Å². The number of hydrogen-bond donors (Lipinski definition) is 2. The third-order valence-electron chi connectivity index (χ3n) is 2.60. The molecule has 1 aromatic carbocycles. The Kier molecular flexibility index (Phi) is 4.48. The summed E-state index contributed by atoms with van der Waals surface area (Å²) < 4.78 is 18.8. The van der Waals surface area contributed by atoms with Crippen LogP contribution in [0.15, 0.2) is 18.2 Å². The number of nitrogens with two attached hydrogens (primary N) is 1. The standard InChI is InChI=1S/C13H21FN2O/c1-13(2,3)8-12(16-15)10-6-5-9(17-4)7-11(10)14/h5-7,12,16H,8,15H2,1-4H3. The molecular formula is C13H21FN2O. The Hall–Kier alpha value is -1.13. The molecule has 1 aromatic rings. The minimum Gasteiger partial charge on any atom is -0.497 e. The van der Waals surface area contributed by atoms with Gasteiger partial charge < -0.3 is 4.74 Å². The molecule has 1 atom stereocenters. The second kappa shape index (κ2) is 5.47. The first-order valence-electron chi connectivity index (χ1n) is 5.67. The molecule has 0 amide bonds. The van der Waals surface area contributed by atoms with Gasteiger partial charge in [-0.2, -0.15) is 0 Å². The highest BCUT2D eigenvalue weighted by Gasteiger charge is 2.21. The summed E-state index contributed by atoms with van der Waals surface area (Å²) >= 11 is 0. The second-order valence-corrected chi connectivity index (χ2v) is 5.37. The van der Waals surface area contributed by atoms with Crippen LogP contribution in [-0.4, -0.2) is 7.11 Å². The smallest absolute Gasteiger partial charge is 0.131 e. The molecule has 3 nitrogen and oxygen atoms in total. The van der Waals surface area contributed by atoms with Crippen LogP contribution in [0, 0.1) is 11.2 Å². The van der Waals surface area contributed by atoms with Gasteiger partial charge in [-0.3, -0.25) is 11.3 Å². The SMILES string of the molecule is COc1ccc(C(CC(C)(C)C)NN)c(F)c1. The lowest BCUT2D eigenvalue weighted by Crippen LogP contribution is -2.31. The van der Waals surface area contributed by atoms with Crippen LogP contribution in [0.25, 0.3) is 0 Å². The summed E-state index contributed by atoms with van der Waals surface area (Å²) in [7, 11) is 1.52. The summed E-state index contributed by atoms with van der Waals surface area (Å²) in [6, 6.07) is 4.64. The van der Waals surface area contributed by atoms with E-state index in [2.05, 4.69) is 26.2 Å². The van der Waals surface area contributed by atoms with E-state index in [-0.39, 0.29) is 17.3 Å². The number of nitrogens with one attached hydrogen (secondary N) is 1. The summed E-state index contributed by atoms with van der Waals surface area (Å²) in [6.07, 6.45) is 0.757. The number of methoxy groups -OCH3 is 1. The zero-order valence-electron chi connectivity index (χ0n) is 10.9. The van der Waals surface area contributed by atoms with E-state index in [4.69, 9.17) is 10.6 Å². The van der Waals surface area contributed by atoms with Gasteiger partial charge in [0, 0.05) is 17.7 Å². The third-order valence-corrected chi connectivity index (χ3v) is 2.60. The Morgan fingerprint density at radius 1 is 1.41 bits per heavy atom. The monoisotopic (exact) mass is 240 g/mol. The van der Waals surface area contributed by atoms with E-state index in [9.17, 15) is 4.39 Å². The molecule has 0 fully saturated rings. The van der Waals surface area contributed by atoms with Gasteiger partial charge in [0.2, 0.25) is 0 Å². The van der Waals surface area contributed by atoms with E-state index < -0.39 is 0 Å². The van der Waals surface area contributed by atoms with E-state index in [1.807, 2.05) is 0 Å². The van der Waals surface area contributed by atoms with Gasteiger partial charge in [0.25, 0.3) is 0 Å². The zero-order valence-corrected chi connectivity index (χ0v) is 10.9. The molecule has 0 aromatic heterocycles. The van der Waals surface area contributed by atoms with Crippen molar-refractivity contribution < 1.29 is 9.13 Å². The van der Waals surface area contributed by atoms with Gasteiger partial charge >= 0.3 is 0 Å². The van der Waals surface area contributed by atoms with Crippen molar-refractivity contribution in [2.24, 2.45) is 11.3 Å². The second-order valence-electron chi connectivity index (χ2n) is 5.37. The highest BCUT2D eigenvalue weighted by molar-refractivity contribution is 5.30. The third kappa shape index (κ3) is 3.98. The fourth-order valence-electron chi connectivity index (χ4n) is 1.79. The molecule has 0 saturated carbocycles. The van der Waals surface area contributed by atoms with E-state index >= 15 is 0 Å². The highest BCUT2D eigenvalue weighted by atomic mass is 19.1. The maximum atomic E-state index is 13.9. The summed E-state index contributed by atoms with van der Waals surface area (Å²) in [6.45, 7) is 6.29. The Morgan fingerprint density at radius 2 is 2.06 bits per heavy atom. The first kappa shape index (κ1) is 13.9. The van der Waals surface area contributed by atoms with E-state index in [1.165, 1.54) is 13.2 Å². The maximum absolute atomic E-state index is 13.9. The lowest BCUT2D eigenvalue weighted by molar-refractivity contribution is 0.308. The topological polar surface area (TPSA) is 47.3 Å². The van der Waals surface area contributed by atoms with Gasteiger partial charge in [-0.1, -0.05) is 26.8 Å². The van der Waals surface area contributed by atoms with Crippen molar-refractivity contribution in [3.05, 3.63) is 29.6 Å². The van der Waals surface area contributed by atoms with Gasteiger partial charge in [-0.25, -0.2) is 4.39 Å². The molecular weight excluding hydrogens is 219 g/mol. The van der Waals surface area contributed by atoms with Crippen LogP contribution in [-0.2, 0) is 0 Å². The number of rotatable bonds is 4. The number of benzene rings is 1. The van der Waals surface area contributed by atoms with Crippen molar-refractivity contribution >= 4 is 0 Å². The summed E-state index contributed by atoms with van der Waals surface area (Å²) in [5, 5.41) is 0. The molecule has 4 heteroatoms. The first-order valence-corrected chi connectivity index (χ1v) is 5.67. The first-order chi connectivity index (χ1) is 7.87. The number of hydrogen-bond acceptors (Lipinski definition) is 3. The minimum atomic E-state index is -0.295. The van der Waals surface area contributed by atoms with Crippen molar-refractivity contribution in [3.8, 4) is 5.75 Å². The molecule has 1 unspecified atom stereocenters. The lowest BCUT2D eigenvalue weighted by Gasteiger charge is -2.26. The molecule has 1 rings (SSSR count). The Labute approximate surface area is 102 Å². The molecule has 3 N–H and O–H groups in total. The fourth-order valence-corrected chi connectivity index (χ4v) is 1.79. The van der Waals surface area contributed by atoms with Crippen molar-refractivity contribution in [1.82, 2.24) is 5.43 Å². The Morgan fingerprint density at radius 3 is 2.47 bits per heavy atom. The Bertz CT molecular complexity index is 374. The van der Waals surface area contributed by atoms with Gasteiger partial charge in [0.15, 0.2) is 0 Å². The molecule has 0 aliphatic heterocycles. The number of halogens is 1. The van der Waals surface area contributed by atoms with E-state index in [1.54, 1.807) is 12.1 Å². The molecule has 0 heterocycles. The van der Waals surface area contributed by atoms with Crippen LogP contribution in [0.5, 0.6) is 5.75 Å². The van der Waals surface area contributed by atoms with Crippen molar-refractivity contribution in [2.45, 2.75) is 33.2 Å². The normalized spacial score (nSPS) is 13.5. The van der Waals surface area contributed by atoms with Crippen LogP contribution in [0.1, 0.15) is 38.8 Å². The Balaban J connectivity index is 2.96. The molecule has 0 aliphatic rings. The summed E-state index contributed by atoms with van der Waals surface area (Å²) in [5.41, 5.74) is 3.32. The fraction of sp³-hybridized carbons (Fsp3) is 0.538. The summed E-state index contributed by atoms with van der Waals surface area (Å²) in [4.78, 5) is 0. The molecule has 0 saturated heterocycles. The van der Waals surface area contributed by atoms with Crippen LogP contribution in [0.2, 0.25) is 0 Å². The number of ether oxygens (including phenoxy) is 1. The molecule has 17 heavy (non-hydrogen) atoms. The largest absolute Gasteiger partial charge is 0.497 e. The average Bonchev–Trinajstić information content (AvgIpc) is 2.24. The molecule has 96 valence electrons. The molecule has 0 radical (unpaired) electrons. The maximum Gasteiger partial charge on any atom is 0.131 e.